The lowest BCUT2D eigenvalue weighted by Gasteiger charge is -2.28. The number of esters is 1. The van der Waals surface area contributed by atoms with E-state index < -0.39 is 23.3 Å². The standard InChI is InChI=1S/C22H23FN2O4/c1-2-29-22(28)15-11-25(12-6-7-12)19-13-4-3-5-17-18(26)8-9-24(17)20(13)16(23)10-14(19)21(15)27/h3-4,10-12,17-18,26H,2,5-9H2,1H3/t17-,18+/m1/s1. The average molecular weight is 398 g/mol. The van der Waals surface area contributed by atoms with Gasteiger partial charge in [0.05, 0.1) is 35.3 Å². The lowest BCUT2D eigenvalue weighted by atomic mass is 10.0. The molecule has 3 heterocycles. The van der Waals surface area contributed by atoms with Crippen LogP contribution < -0.4 is 10.3 Å². The first-order valence-corrected chi connectivity index (χ1v) is 10.2. The molecule has 0 radical (unpaired) electrons. The van der Waals surface area contributed by atoms with Crippen molar-refractivity contribution in [1.29, 1.82) is 0 Å². The molecule has 2 fully saturated rings. The molecule has 0 amide bonds. The number of hydrogen-bond acceptors (Lipinski definition) is 5. The minimum Gasteiger partial charge on any atom is -0.462 e. The molecule has 2 aliphatic heterocycles. The van der Waals surface area contributed by atoms with Crippen molar-refractivity contribution >= 4 is 28.6 Å². The monoisotopic (exact) mass is 398 g/mol. The number of aromatic nitrogens is 1. The lowest BCUT2D eigenvalue weighted by Crippen LogP contribution is -2.35. The number of carbonyl (C=O) groups excluding carboxylic acids is 1. The molecule has 1 saturated carbocycles. The Morgan fingerprint density at radius 1 is 1.34 bits per heavy atom. The first-order chi connectivity index (χ1) is 14.0. The van der Waals surface area contributed by atoms with Crippen LogP contribution in [0.5, 0.6) is 0 Å². The number of anilines is 1. The summed E-state index contributed by atoms with van der Waals surface area (Å²) in [5.74, 6) is -1.18. The van der Waals surface area contributed by atoms with Crippen LogP contribution in [-0.4, -0.2) is 40.9 Å². The predicted molar refractivity (Wildman–Crippen MR) is 108 cm³/mol. The summed E-state index contributed by atoms with van der Waals surface area (Å²) in [6.45, 7) is 2.42. The number of ether oxygens (including phenoxy) is 1. The molecule has 5 rings (SSSR count). The zero-order valence-corrected chi connectivity index (χ0v) is 16.2. The summed E-state index contributed by atoms with van der Waals surface area (Å²) < 4.78 is 22.3. The number of benzene rings is 1. The Labute approximate surface area is 167 Å². The van der Waals surface area contributed by atoms with Crippen LogP contribution in [0.1, 0.15) is 54.6 Å². The molecule has 152 valence electrons. The zero-order chi connectivity index (χ0) is 20.3. The molecule has 3 aliphatic rings. The number of fused-ring (bicyclic) bond motifs is 5. The van der Waals surface area contributed by atoms with Crippen LogP contribution in [0.15, 0.2) is 23.1 Å². The van der Waals surface area contributed by atoms with E-state index in [4.69, 9.17) is 4.74 Å². The van der Waals surface area contributed by atoms with Gasteiger partial charge < -0.3 is 19.3 Å². The van der Waals surface area contributed by atoms with Crippen LogP contribution >= 0.6 is 0 Å². The van der Waals surface area contributed by atoms with Gasteiger partial charge >= 0.3 is 5.97 Å². The first-order valence-electron chi connectivity index (χ1n) is 10.2. The molecule has 6 nitrogen and oxygen atoms in total. The normalized spacial score (nSPS) is 23.1. The number of pyridine rings is 1. The van der Waals surface area contributed by atoms with Gasteiger partial charge in [-0.05, 0) is 38.7 Å². The molecule has 0 spiro atoms. The Morgan fingerprint density at radius 2 is 2.14 bits per heavy atom. The van der Waals surface area contributed by atoms with E-state index in [-0.39, 0.29) is 29.6 Å². The van der Waals surface area contributed by atoms with Gasteiger partial charge in [-0.3, -0.25) is 4.79 Å². The third-order valence-electron chi connectivity index (χ3n) is 6.17. The molecule has 1 N–H and O–H groups in total. The van der Waals surface area contributed by atoms with Gasteiger partial charge in [0, 0.05) is 24.3 Å². The fraction of sp³-hybridized carbons (Fsp3) is 0.455. The van der Waals surface area contributed by atoms with Crippen LogP contribution in [0.3, 0.4) is 0 Å². The molecule has 2 atom stereocenters. The number of nitrogens with zero attached hydrogens (tertiary/aromatic N) is 2. The maximum absolute atomic E-state index is 15.3. The van der Waals surface area contributed by atoms with Crippen molar-refractivity contribution in [3.8, 4) is 0 Å². The quantitative estimate of drug-likeness (QED) is 0.805. The SMILES string of the molecule is CCOC(=O)c1cn(C2CC2)c2c3c(c(F)cc2c1=O)N1CC[C@H](O)[C@H]1CC=C3. The summed E-state index contributed by atoms with van der Waals surface area (Å²) in [7, 11) is 0. The first kappa shape index (κ1) is 18.4. The van der Waals surface area contributed by atoms with Gasteiger partial charge in [0.1, 0.15) is 11.4 Å². The molecule has 29 heavy (non-hydrogen) atoms. The third kappa shape index (κ3) is 2.79. The highest BCUT2D eigenvalue weighted by Gasteiger charge is 2.37. The van der Waals surface area contributed by atoms with Crippen LogP contribution in [-0.2, 0) is 4.74 Å². The summed E-state index contributed by atoms with van der Waals surface area (Å²) in [4.78, 5) is 27.4. The molecule has 1 aliphatic carbocycles. The maximum Gasteiger partial charge on any atom is 0.343 e. The Morgan fingerprint density at radius 3 is 2.86 bits per heavy atom. The van der Waals surface area contributed by atoms with Gasteiger partial charge in [0.15, 0.2) is 0 Å². The van der Waals surface area contributed by atoms with Crippen molar-refractivity contribution < 1.29 is 19.0 Å². The van der Waals surface area contributed by atoms with Crippen molar-refractivity contribution in [3.05, 3.63) is 45.5 Å². The minimum atomic E-state index is -0.678. The van der Waals surface area contributed by atoms with E-state index in [1.165, 1.54) is 6.07 Å². The van der Waals surface area contributed by atoms with Gasteiger partial charge in [-0.2, -0.15) is 0 Å². The fourth-order valence-electron chi connectivity index (χ4n) is 4.68. The molecule has 1 aromatic heterocycles. The van der Waals surface area contributed by atoms with Crippen molar-refractivity contribution in [2.75, 3.05) is 18.1 Å². The Kier molecular flexibility index (Phi) is 4.24. The van der Waals surface area contributed by atoms with Crippen LogP contribution in [0.4, 0.5) is 10.1 Å². The molecular formula is C22H23FN2O4. The zero-order valence-electron chi connectivity index (χ0n) is 16.2. The van der Waals surface area contributed by atoms with Crippen molar-refractivity contribution in [2.45, 2.75) is 50.8 Å². The molecule has 1 saturated heterocycles. The van der Waals surface area contributed by atoms with Crippen molar-refractivity contribution in [3.63, 3.8) is 0 Å². The lowest BCUT2D eigenvalue weighted by molar-refractivity contribution is 0.0524. The van der Waals surface area contributed by atoms with E-state index in [0.29, 0.717) is 36.2 Å². The van der Waals surface area contributed by atoms with Gasteiger partial charge in [0.25, 0.3) is 0 Å². The fourth-order valence-corrected chi connectivity index (χ4v) is 4.68. The number of carbonyl (C=O) groups is 1. The maximum atomic E-state index is 15.3. The Bertz CT molecular complexity index is 1100. The molecule has 2 aromatic rings. The van der Waals surface area contributed by atoms with E-state index in [9.17, 15) is 14.7 Å². The van der Waals surface area contributed by atoms with E-state index in [0.717, 1.165) is 12.8 Å². The molecule has 0 unspecified atom stereocenters. The summed E-state index contributed by atoms with van der Waals surface area (Å²) >= 11 is 0. The Hall–Kier alpha value is -2.67. The summed E-state index contributed by atoms with van der Waals surface area (Å²) in [6.07, 6.45) is 7.97. The number of halogens is 1. The highest BCUT2D eigenvalue weighted by molar-refractivity contribution is 5.99. The van der Waals surface area contributed by atoms with Crippen molar-refractivity contribution in [2.24, 2.45) is 0 Å². The van der Waals surface area contributed by atoms with Crippen LogP contribution in [0, 0.1) is 5.82 Å². The number of aliphatic hydroxyl groups is 1. The predicted octanol–water partition coefficient (Wildman–Crippen LogP) is 3.01. The van der Waals surface area contributed by atoms with Crippen molar-refractivity contribution in [1.82, 2.24) is 4.57 Å². The second-order valence-corrected chi connectivity index (χ2v) is 8.00. The van der Waals surface area contributed by atoms with Gasteiger partial charge in [-0.1, -0.05) is 12.2 Å². The van der Waals surface area contributed by atoms with E-state index >= 15 is 4.39 Å². The second-order valence-electron chi connectivity index (χ2n) is 8.00. The molecule has 1 aromatic carbocycles. The highest BCUT2D eigenvalue weighted by atomic mass is 19.1. The third-order valence-corrected chi connectivity index (χ3v) is 6.17. The van der Waals surface area contributed by atoms with Crippen LogP contribution in [0.2, 0.25) is 0 Å². The van der Waals surface area contributed by atoms with Crippen LogP contribution in [0.25, 0.3) is 17.0 Å². The van der Waals surface area contributed by atoms with E-state index in [1.807, 2.05) is 21.6 Å². The minimum absolute atomic E-state index is 0.0577. The number of rotatable bonds is 3. The molecule has 0 bridgehead atoms. The van der Waals surface area contributed by atoms with Gasteiger partial charge in [-0.15, -0.1) is 0 Å². The topological polar surface area (TPSA) is 71.8 Å². The second kappa shape index (κ2) is 6.69. The van der Waals surface area contributed by atoms with E-state index in [2.05, 4.69) is 0 Å². The summed E-state index contributed by atoms with van der Waals surface area (Å²) in [5, 5.41) is 10.5. The largest absolute Gasteiger partial charge is 0.462 e. The molecular weight excluding hydrogens is 375 g/mol. The highest BCUT2D eigenvalue weighted by Crippen LogP contribution is 2.43. The van der Waals surface area contributed by atoms with Gasteiger partial charge in [-0.25, -0.2) is 9.18 Å². The molecule has 7 heteroatoms. The number of aliphatic hydroxyl groups excluding tert-OH is 1. The smallest absolute Gasteiger partial charge is 0.343 e. The van der Waals surface area contributed by atoms with E-state index in [1.54, 1.807) is 13.1 Å². The number of hydrogen-bond donors (Lipinski definition) is 1. The van der Waals surface area contributed by atoms with Gasteiger partial charge in [0.2, 0.25) is 5.43 Å². The average Bonchev–Trinajstić information content (AvgIpc) is 3.49. The summed E-state index contributed by atoms with van der Waals surface area (Å²) in [6, 6.07) is 1.26. The summed E-state index contributed by atoms with van der Waals surface area (Å²) in [5.41, 5.74) is 1.17. The Balaban J connectivity index is 1.82.